The van der Waals surface area contributed by atoms with E-state index < -0.39 is 38.2 Å². The largest absolute Gasteiger partial charge is 0.453 e. The van der Waals surface area contributed by atoms with Gasteiger partial charge in [0.1, 0.15) is 8.65 Å². The summed E-state index contributed by atoms with van der Waals surface area (Å²) >= 11 is 8.20. The molecule has 0 N–H and O–H groups in total. The first-order chi connectivity index (χ1) is 18.0. The Hall–Kier alpha value is -3.22. The summed E-state index contributed by atoms with van der Waals surface area (Å²) in [5, 5.41) is 0. The lowest BCUT2D eigenvalue weighted by Gasteiger charge is -2.65. The smallest absolute Gasteiger partial charge is 0.338 e. The molecular formula is C31H20Br2O4. The van der Waals surface area contributed by atoms with Crippen molar-refractivity contribution in [1.29, 1.82) is 0 Å². The summed E-state index contributed by atoms with van der Waals surface area (Å²) in [6.45, 7) is 0. The van der Waals surface area contributed by atoms with Crippen LogP contribution in [0.2, 0.25) is 0 Å². The fourth-order valence-electron chi connectivity index (χ4n) is 6.68. The number of alkyl halides is 2. The number of hydrogen-bond acceptors (Lipinski definition) is 4. The highest BCUT2D eigenvalue weighted by molar-refractivity contribution is 9.10. The van der Waals surface area contributed by atoms with Crippen LogP contribution in [-0.2, 0) is 23.5 Å². The predicted octanol–water partition coefficient (Wildman–Crippen LogP) is 6.65. The maximum Gasteiger partial charge on any atom is 0.338 e. The SMILES string of the molecule is O=C(OC1C(OC(=O)c2ccccc2)[C@]2(Br)c3ccccc3C23c2ccccc2C13Br)c1ccccc1. The monoisotopic (exact) mass is 614 g/mol. The number of hydrogen-bond donors (Lipinski definition) is 0. The first-order valence-electron chi connectivity index (χ1n) is 12.1. The Labute approximate surface area is 230 Å². The summed E-state index contributed by atoms with van der Waals surface area (Å²) in [4.78, 5) is 26.9. The molecule has 0 radical (unpaired) electrons. The highest BCUT2D eigenvalue weighted by atomic mass is 79.9. The Balaban J connectivity index is 1.42. The zero-order valence-corrected chi connectivity index (χ0v) is 22.6. The third kappa shape index (κ3) is 2.62. The van der Waals surface area contributed by atoms with Crippen LogP contribution in [0.1, 0.15) is 43.0 Å². The van der Waals surface area contributed by atoms with Crippen molar-refractivity contribution in [2.45, 2.75) is 26.3 Å². The van der Waals surface area contributed by atoms with Crippen molar-refractivity contribution in [3.63, 3.8) is 0 Å². The van der Waals surface area contributed by atoms with Gasteiger partial charge in [0.05, 0.1) is 16.5 Å². The molecule has 37 heavy (non-hydrogen) atoms. The van der Waals surface area contributed by atoms with Crippen LogP contribution >= 0.6 is 31.9 Å². The van der Waals surface area contributed by atoms with Crippen LogP contribution in [-0.4, -0.2) is 24.1 Å². The molecule has 5 atom stereocenters. The molecule has 3 aliphatic carbocycles. The van der Waals surface area contributed by atoms with E-state index in [-0.39, 0.29) is 0 Å². The van der Waals surface area contributed by atoms with Crippen molar-refractivity contribution in [3.05, 3.63) is 143 Å². The van der Waals surface area contributed by atoms with Gasteiger partial charge in [-0.2, -0.15) is 0 Å². The van der Waals surface area contributed by atoms with E-state index in [1.54, 1.807) is 48.5 Å². The maximum atomic E-state index is 13.4. The van der Waals surface area contributed by atoms with E-state index in [0.717, 1.165) is 22.3 Å². The lowest BCUT2D eigenvalue weighted by atomic mass is 9.43. The Bertz CT molecular complexity index is 1450. The molecule has 7 rings (SSSR count). The minimum Gasteiger partial charge on any atom is -0.453 e. The lowest BCUT2D eigenvalue weighted by molar-refractivity contribution is -0.0365. The Morgan fingerprint density at radius 3 is 1.22 bits per heavy atom. The molecule has 0 saturated heterocycles. The predicted molar refractivity (Wildman–Crippen MR) is 146 cm³/mol. The van der Waals surface area contributed by atoms with E-state index in [0.29, 0.717) is 11.1 Å². The van der Waals surface area contributed by atoms with Gasteiger partial charge in [-0.15, -0.1) is 0 Å². The Morgan fingerprint density at radius 2 is 0.838 bits per heavy atom. The Kier molecular flexibility index (Phi) is 4.89. The van der Waals surface area contributed by atoms with Crippen molar-refractivity contribution < 1.29 is 19.1 Å². The van der Waals surface area contributed by atoms with Crippen LogP contribution < -0.4 is 0 Å². The van der Waals surface area contributed by atoms with Gasteiger partial charge in [0.2, 0.25) is 0 Å². The van der Waals surface area contributed by atoms with E-state index in [4.69, 9.17) is 9.47 Å². The average molecular weight is 616 g/mol. The van der Waals surface area contributed by atoms with Gasteiger partial charge in [0, 0.05) is 0 Å². The normalized spacial score (nSPS) is 29.9. The van der Waals surface area contributed by atoms with E-state index in [2.05, 4.69) is 56.1 Å². The van der Waals surface area contributed by atoms with Crippen LogP contribution in [0.3, 0.4) is 0 Å². The van der Waals surface area contributed by atoms with Gasteiger partial charge >= 0.3 is 11.9 Å². The summed E-state index contributed by atoms with van der Waals surface area (Å²) in [7, 11) is 0. The van der Waals surface area contributed by atoms with Gasteiger partial charge in [-0.25, -0.2) is 9.59 Å². The second-order valence-corrected chi connectivity index (χ2v) is 12.2. The molecule has 1 fully saturated rings. The number of halogens is 2. The third-order valence-corrected chi connectivity index (χ3v) is 11.0. The second-order valence-electron chi connectivity index (χ2n) is 9.65. The maximum absolute atomic E-state index is 13.4. The van der Waals surface area contributed by atoms with Crippen molar-refractivity contribution in [1.82, 2.24) is 0 Å². The number of esters is 2. The van der Waals surface area contributed by atoms with Gasteiger partial charge < -0.3 is 9.47 Å². The van der Waals surface area contributed by atoms with Gasteiger partial charge in [0.25, 0.3) is 0 Å². The molecule has 0 bridgehead atoms. The summed E-state index contributed by atoms with van der Waals surface area (Å²) in [6, 6.07) is 34.1. The van der Waals surface area contributed by atoms with Crippen LogP contribution in [0.15, 0.2) is 109 Å². The molecule has 1 saturated carbocycles. The van der Waals surface area contributed by atoms with Crippen molar-refractivity contribution in [3.8, 4) is 0 Å². The Morgan fingerprint density at radius 1 is 0.514 bits per heavy atom. The zero-order valence-electron chi connectivity index (χ0n) is 19.4. The average Bonchev–Trinajstić information content (AvgIpc) is 3.05. The summed E-state index contributed by atoms with van der Waals surface area (Å²) in [6.07, 6.45) is -1.62. The molecule has 0 heterocycles. The molecule has 0 aromatic heterocycles. The first kappa shape index (κ1) is 22.9. The number of fused-ring (bicyclic) bond motifs is 4. The summed E-state index contributed by atoms with van der Waals surface area (Å²) in [5.74, 6) is -0.933. The van der Waals surface area contributed by atoms with Crippen molar-refractivity contribution in [2.24, 2.45) is 0 Å². The summed E-state index contributed by atoms with van der Waals surface area (Å²) < 4.78 is 11.0. The molecule has 3 aliphatic rings. The number of carbonyl (C=O) groups is 2. The van der Waals surface area contributed by atoms with E-state index in [1.165, 1.54) is 0 Å². The van der Waals surface area contributed by atoms with Gasteiger partial charge in [-0.1, -0.05) is 117 Å². The van der Waals surface area contributed by atoms with E-state index in [1.807, 2.05) is 36.4 Å². The van der Waals surface area contributed by atoms with Crippen molar-refractivity contribution >= 4 is 43.8 Å². The molecule has 6 heteroatoms. The zero-order chi connectivity index (χ0) is 25.4. The van der Waals surface area contributed by atoms with Gasteiger partial charge in [-0.05, 0) is 46.5 Å². The van der Waals surface area contributed by atoms with E-state index >= 15 is 0 Å². The molecule has 4 aromatic rings. The lowest BCUT2D eigenvalue weighted by Crippen LogP contribution is -2.68. The number of carbonyl (C=O) groups excluding carboxylic acids is 2. The standard InChI is InChI=1S/C31H20Br2O4/c32-30-23-17-9-7-15-21(23)29(30)22-16-8-10-18-24(22)31(29,33)26(37-28(35)20-13-5-2-6-14-20)25(30)36-27(34)19-11-3-1-4-12-19/h1-18,25-26H/t25?,26?,29?,30-,31?/m1/s1. The van der Waals surface area contributed by atoms with E-state index in [9.17, 15) is 9.59 Å². The van der Waals surface area contributed by atoms with Gasteiger partial charge in [-0.3, -0.25) is 0 Å². The second kappa shape index (κ2) is 7.89. The number of benzene rings is 4. The first-order valence-corrected chi connectivity index (χ1v) is 13.6. The molecule has 4 aromatic carbocycles. The number of rotatable bonds is 4. The molecule has 182 valence electrons. The molecule has 1 spiro atoms. The fourth-order valence-corrected chi connectivity index (χ4v) is 9.78. The van der Waals surface area contributed by atoms with Gasteiger partial charge in [0.15, 0.2) is 12.2 Å². The topological polar surface area (TPSA) is 52.6 Å². The fraction of sp³-hybridized carbons (Fsp3) is 0.161. The highest BCUT2D eigenvalue weighted by Gasteiger charge is 2.89. The van der Waals surface area contributed by atoms with Crippen LogP contribution in [0, 0.1) is 0 Å². The van der Waals surface area contributed by atoms with Crippen LogP contribution in [0.5, 0.6) is 0 Å². The molecule has 0 aliphatic heterocycles. The molecular weight excluding hydrogens is 596 g/mol. The number of ether oxygens (including phenoxy) is 2. The molecule has 4 nitrogen and oxygen atoms in total. The molecule has 4 unspecified atom stereocenters. The summed E-state index contributed by atoms with van der Waals surface area (Å²) in [5.41, 5.74) is 4.58. The minimum absolute atomic E-state index is 0.439. The quantitative estimate of drug-likeness (QED) is 0.191. The van der Waals surface area contributed by atoms with Crippen LogP contribution in [0.4, 0.5) is 0 Å². The minimum atomic E-state index is -0.811. The molecule has 0 amide bonds. The van der Waals surface area contributed by atoms with Crippen LogP contribution in [0.25, 0.3) is 0 Å². The van der Waals surface area contributed by atoms with Crippen molar-refractivity contribution in [2.75, 3.05) is 0 Å². The third-order valence-electron chi connectivity index (χ3n) is 8.08. The highest BCUT2D eigenvalue weighted by Crippen LogP contribution is 2.85.